The van der Waals surface area contributed by atoms with Crippen LogP contribution in [0.5, 0.6) is 0 Å². The van der Waals surface area contributed by atoms with E-state index in [2.05, 4.69) is 29.1 Å². The van der Waals surface area contributed by atoms with Gasteiger partial charge in [-0.2, -0.15) is 5.10 Å². The topological polar surface area (TPSA) is 56.7 Å². The van der Waals surface area contributed by atoms with Crippen molar-refractivity contribution in [3.8, 4) is 0 Å². The zero-order chi connectivity index (χ0) is 13.9. The van der Waals surface area contributed by atoms with Gasteiger partial charge in [-0.25, -0.2) is 0 Å². The maximum atomic E-state index is 6.46. The lowest BCUT2D eigenvalue weighted by atomic mass is 10.0. The fourth-order valence-corrected chi connectivity index (χ4v) is 2.54. The zero-order valence-electron chi connectivity index (χ0n) is 11.5. The molecule has 4 nitrogen and oxygen atoms in total. The molecular weight excluding hydrogens is 248 g/mol. The smallest absolute Gasteiger partial charge is 0.0753 e. The molecule has 0 fully saturated rings. The van der Waals surface area contributed by atoms with Crippen molar-refractivity contribution in [3.63, 3.8) is 0 Å². The standard InChI is InChI=1S/C16H18N4/c1-2-11-20-14(8-10-19-20)15(17)13-7-3-5-12-6-4-9-18-16(12)13/h3-10,15H,2,11,17H2,1H3. The Kier molecular flexibility index (Phi) is 3.48. The Hall–Kier alpha value is -2.20. The van der Waals surface area contributed by atoms with E-state index in [4.69, 9.17) is 5.73 Å². The third-order valence-corrected chi connectivity index (χ3v) is 3.50. The summed E-state index contributed by atoms with van der Waals surface area (Å²) in [4.78, 5) is 4.48. The summed E-state index contributed by atoms with van der Waals surface area (Å²) in [5.74, 6) is 0. The van der Waals surface area contributed by atoms with E-state index < -0.39 is 0 Å². The summed E-state index contributed by atoms with van der Waals surface area (Å²) in [6, 6.07) is 11.9. The van der Waals surface area contributed by atoms with Crippen molar-refractivity contribution in [2.75, 3.05) is 0 Å². The van der Waals surface area contributed by atoms with Crippen molar-refractivity contribution in [2.24, 2.45) is 5.73 Å². The van der Waals surface area contributed by atoms with Gasteiger partial charge in [0.15, 0.2) is 0 Å². The van der Waals surface area contributed by atoms with Crippen molar-refractivity contribution in [2.45, 2.75) is 25.9 Å². The zero-order valence-corrected chi connectivity index (χ0v) is 11.5. The number of para-hydroxylation sites is 1. The minimum absolute atomic E-state index is 0.206. The van der Waals surface area contributed by atoms with Crippen LogP contribution in [-0.2, 0) is 6.54 Å². The number of aromatic nitrogens is 3. The number of fused-ring (bicyclic) bond motifs is 1. The Balaban J connectivity index is 2.08. The molecule has 0 aliphatic heterocycles. The van der Waals surface area contributed by atoms with Gasteiger partial charge in [-0.1, -0.05) is 31.2 Å². The predicted octanol–water partition coefficient (Wildman–Crippen LogP) is 2.89. The largest absolute Gasteiger partial charge is 0.319 e. The average Bonchev–Trinajstić information content (AvgIpc) is 2.94. The van der Waals surface area contributed by atoms with Crippen LogP contribution in [0.1, 0.15) is 30.6 Å². The van der Waals surface area contributed by atoms with Crippen LogP contribution >= 0.6 is 0 Å². The van der Waals surface area contributed by atoms with Gasteiger partial charge in [-0.05, 0) is 18.6 Å². The van der Waals surface area contributed by atoms with Crippen LogP contribution in [0.4, 0.5) is 0 Å². The third-order valence-electron chi connectivity index (χ3n) is 3.50. The summed E-state index contributed by atoms with van der Waals surface area (Å²) in [5, 5.41) is 5.46. The molecule has 1 aromatic carbocycles. The van der Waals surface area contributed by atoms with Gasteiger partial charge >= 0.3 is 0 Å². The Morgan fingerprint density at radius 3 is 2.85 bits per heavy atom. The highest BCUT2D eigenvalue weighted by Crippen LogP contribution is 2.25. The van der Waals surface area contributed by atoms with Crippen molar-refractivity contribution in [1.29, 1.82) is 0 Å². The minimum Gasteiger partial charge on any atom is -0.319 e. The lowest BCUT2D eigenvalue weighted by Gasteiger charge is -2.16. The van der Waals surface area contributed by atoms with Gasteiger partial charge in [0, 0.05) is 29.9 Å². The molecule has 2 heterocycles. The van der Waals surface area contributed by atoms with E-state index in [1.165, 1.54) is 0 Å². The molecule has 1 unspecified atom stereocenters. The monoisotopic (exact) mass is 266 g/mol. The van der Waals surface area contributed by atoms with E-state index in [0.29, 0.717) is 0 Å². The molecule has 0 aliphatic carbocycles. The summed E-state index contributed by atoms with van der Waals surface area (Å²) < 4.78 is 1.98. The molecule has 2 N–H and O–H groups in total. The quantitative estimate of drug-likeness (QED) is 0.790. The average molecular weight is 266 g/mol. The number of pyridine rings is 1. The van der Waals surface area contributed by atoms with Gasteiger partial charge < -0.3 is 5.73 Å². The molecule has 1 atom stereocenters. The molecule has 20 heavy (non-hydrogen) atoms. The van der Waals surface area contributed by atoms with Crippen molar-refractivity contribution in [1.82, 2.24) is 14.8 Å². The fourth-order valence-electron chi connectivity index (χ4n) is 2.54. The first-order valence-corrected chi connectivity index (χ1v) is 6.92. The van der Waals surface area contributed by atoms with Gasteiger partial charge in [0.1, 0.15) is 0 Å². The van der Waals surface area contributed by atoms with E-state index in [9.17, 15) is 0 Å². The molecule has 0 bridgehead atoms. The minimum atomic E-state index is -0.206. The number of nitrogens with two attached hydrogens (primary N) is 1. The van der Waals surface area contributed by atoms with Gasteiger partial charge in [-0.15, -0.1) is 0 Å². The maximum Gasteiger partial charge on any atom is 0.0753 e. The highest BCUT2D eigenvalue weighted by molar-refractivity contribution is 5.82. The van der Waals surface area contributed by atoms with E-state index >= 15 is 0 Å². The lowest BCUT2D eigenvalue weighted by molar-refractivity contribution is 0.560. The van der Waals surface area contributed by atoms with Gasteiger partial charge in [0.2, 0.25) is 0 Å². The predicted molar refractivity (Wildman–Crippen MR) is 80.3 cm³/mol. The molecule has 0 spiro atoms. The summed E-state index contributed by atoms with van der Waals surface area (Å²) in [6.45, 7) is 3.02. The normalized spacial score (nSPS) is 12.7. The molecule has 102 valence electrons. The van der Waals surface area contributed by atoms with Crippen molar-refractivity contribution < 1.29 is 0 Å². The Bertz CT molecular complexity index is 712. The van der Waals surface area contributed by atoms with E-state index in [-0.39, 0.29) is 6.04 Å². The maximum absolute atomic E-state index is 6.46. The first-order chi connectivity index (χ1) is 9.81. The van der Waals surface area contributed by atoms with Crippen molar-refractivity contribution in [3.05, 3.63) is 60.0 Å². The van der Waals surface area contributed by atoms with Crippen LogP contribution in [0.25, 0.3) is 10.9 Å². The molecule has 0 radical (unpaired) electrons. The number of rotatable bonds is 4. The van der Waals surface area contributed by atoms with E-state index in [1.807, 2.05) is 41.3 Å². The van der Waals surface area contributed by atoms with Gasteiger partial charge in [-0.3, -0.25) is 9.67 Å². The molecule has 0 saturated carbocycles. The molecule has 0 aliphatic rings. The molecule has 3 aromatic rings. The summed E-state index contributed by atoms with van der Waals surface area (Å²) >= 11 is 0. The number of aryl methyl sites for hydroxylation is 1. The number of hydrogen-bond donors (Lipinski definition) is 1. The van der Waals surface area contributed by atoms with Gasteiger partial charge in [0.25, 0.3) is 0 Å². The van der Waals surface area contributed by atoms with Crippen LogP contribution in [0.15, 0.2) is 48.8 Å². The van der Waals surface area contributed by atoms with Crippen LogP contribution in [0.3, 0.4) is 0 Å². The second kappa shape index (κ2) is 5.43. The second-order valence-corrected chi connectivity index (χ2v) is 4.88. The first kappa shape index (κ1) is 12.8. The SMILES string of the molecule is CCCn1nccc1C(N)c1cccc2cccnc12. The molecule has 4 heteroatoms. The summed E-state index contributed by atoms with van der Waals surface area (Å²) in [5.41, 5.74) is 9.50. The third kappa shape index (κ3) is 2.18. The highest BCUT2D eigenvalue weighted by atomic mass is 15.3. The van der Waals surface area contributed by atoms with Crippen LogP contribution < -0.4 is 5.73 Å². The Morgan fingerprint density at radius 1 is 1.15 bits per heavy atom. The van der Waals surface area contributed by atoms with Crippen LogP contribution in [0, 0.1) is 0 Å². The number of benzene rings is 1. The summed E-state index contributed by atoms with van der Waals surface area (Å²) in [6.07, 6.45) is 4.65. The van der Waals surface area contributed by atoms with E-state index in [0.717, 1.165) is 35.1 Å². The number of nitrogens with zero attached hydrogens (tertiary/aromatic N) is 3. The Morgan fingerprint density at radius 2 is 2.00 bits per heavy atom. The van der Waals surface area contributed by atoms with Crippen LogP contribution in [-0.4, -0.2) is 14.8 Å². The molecule has 2 aromatic heterocycles. The number of hydrogen-bond acceptors (Lipinski definition) is 3. The second-order valence-electron chi connectivity index (χ2n) is 4.88. The first-order valence-electron chi connectivity index (χ1n) is 6.92. The molecular formula is C16H18N4. The van der Waals surface area contributed by atoms with Crippen LogP contribution in [0.2, 0.25) is 0 Å². The highest BCUT2D eigenvalue weighted by Gasteiger charge is 2.16. The van der Waals surface area contributed by atoms with Crippen molar-refractivity contribution >= 4 is 10.9 Å². The Labute approximate surface area is 118 Å². The molecule has 0 amide bonds. The molecule has 3 rings (SSSR count). The lowest BCUT2D eigenvalue weighted by Crippen LogP contribution is -2.18. The van der Waals surface area contributed by atoms with Gasteiger partial charge in [0.05, 0.1) is 17.3 Å². The van der Waals surface area contributed by atoms with E-state index in [1.54, 1.807) is 0 Å². The summed E-state index contributed by atoms with van der Waals surface area (Å²) in [7, 11) is 0. The fraction of sp³-hybridized carbons (Fsp3) is 0.250. The molecule has 0 saturated heterocycles.